The molecule has 1 unspecified atom stereocenters. The molecule has 1 aliphatic rings. The lowest BCUT2D eigenvalue weighted by molar-refractivity contribution is 0.260. The number of nitrogens with zero attached hydrogens (tertiary/aromatic N) is 4. The van der Waals surface area contributed by atoms with Crippen LogP contribution in [0.3, 0.4) is 0 Å². The second-order valence-corrected chi connectivity index (χ2v) is 5.05. The van der Waals surface area contributed by atoms with Crippen LogP contribution in [-0.2, 0) is 0 Å². The highest BCUT2D eigenvalue weighted by Crippen LogP contribution is 2.22. The summed E-state index contributed by atoms with van der Waals surface area (Å²) in [6.07, 6.45) is 2.23. The van der Waals surface area contributed by atoms with Crippen LogP contribution in [0.2, 0.25) is 5.15 Å². The van der Waals surface area contributed by atoms with Crippen LogP contribution < -0.4 is 5.32 Å². The number of nitrogens with one attached hydrogen (secondary N) is 1. The Kier molecular flexibility index (Phi) is 4.00. The fourth-order valence-corrected chi connectivity index (χ4v) is 2.35. The summed E-state index contributed by atoms with van der Waals surface area (Å²) in [6, 6.07) is 2.45. The Bertz CT molecular complexity index is 482. The molecule has 1 aromatic rings. The summed E-state index contributed by atoms with van der Waals surface area (Å²) < 4.78 is 0. The van der Waals surface area contributed by atoms with Gasteiger partial charge in [-0.3, -0.25) is 0 Å². The quantitative estimate of drug-likeness (QED) is 0.884. The van der Waals surface area contributed by atoms with Crippen molar-refractivity contribution in [3.8, 4) is 6.07 Å². The topological polar surface area (TPSA) is 64.8 Å². The molecule has 0 radical (unpaired) electrons. The van der Waals surface area contributed by atoms with Crippen LogP contribution >= 0.6 is 11.6 Å². The first-order valence-electron chi connectivity index (χ1n) is 5.99. The number of anilines is 1. The van der Waals surface area contributed by atoms with Crippen LogP contribution in [0.1, 0.15) is 24.0 Å². The third kappa shape index (κ3) is 2.71. The van der Waals surface area contributed by atoms with Crippen molar-refractivity contribution in [1.29, 1.82) is 5.26 Å². The number of piperidine rings is 1. The van der Waals surface area contributed by atoms with Crippen molar-refractivity contribution in [1.82, 2.24) is 15.1 Å². The summed E-state index contributed by atoms with van der Waals surface area (Å²) in [5.74, 6) is 0.541. The molecule has 0 spiro atoms. The van der Waals surface area contributed by atoms with E-state index in [-0.39, 0.29) is 5.15 Å². The van der Waals surface area contributed by atoms with E-state index in [1.165, 1.54) is 0 Å². The smallest absolute Gasteiger partial charge is 0.167 e. The Morgan fingerprint density at radius 2 is 2.28 bits per heavy atom. The van der Waals surface area contributed by atoms with Gasteiger partial charge in [0, 0.05) is 18.2 Å². The van der Waals surface area contributed by atoms with Crippen LogP contribution in [-0.4, -0.2) is 41.3 Å². The number of hydrogen-bond acceptors (Lipinski definition) is 5. The highest BCUT2D eigenvalue weighted by Gasteiger charge is 2.20. The number of likely N-dealkylation sites (N-methyl/N-ethyl adjacent to an activating group) is 1. The molecule has 0 aliphatic carbocycles. The van der Waals surface area contributed by atoms with E-state index in [0.717, 1.165) is 25.9 Å². The Labute approximate surface area is 112 Å². The van der Waals surface area contributed by atoms with Crippen LogP contribution in [0.15, 0.2) is 0 Å². The first-order chi connectivity index (χ1) is 8.61. The summed E-state index contributed by atoms with van der Waals surface area (Å²) in [7, 11) is 2.10. The third-order valence-electron chi connectivity index (χ3n) is 3.24. The molecule has 0 bridgehead atoms. The van der Waals surface area contributed by atoms with Gasteiger partial charge in [-0.2, -0.15) is 5.26 Å². The lowest BCUT2D eigenvalue weighted by atomic mass is 10.1. The van der Waals surface area contributed by atoms with Gasteiger partial charge in [0.2, 0.25) is 0 Å². The van der Waals surface area contributed by atoms with E-state index < -0.39 is 0 Å². The van der Waals surface area contributed by atoms with Crippen LogP contribution in [0.4, 0.5) is 5.82 Å². The highest BCUT2D eigenvalue weighted by molar-refractivity contribution is 6.30. The van der Waals surface area contributed by atoms with E-state index in [4.69, 9.17) is 11.6 Å². The molecule has 2 heterocycles. The van der Waals surface area contributed by atoms with Crippen molar-refractivity contribution in [2.24, 2.45) is 0 Å². The molecular formula is C12H16ClN5. The van der Waals surface area contributed by atoms with Gasteiger partial charge in [-0.05, 0) is 33.4 Å². The van der Waals surface area contributed by atoms with Gasteiger partial charge in [0.05, 0.1) is 0 Å². The SMILES string of the molecule is Cc1c(Cl)nnc(NC2CCCN(C)C2)c1C#N. The third-order valence-corrected chi connectivity index (χ3v) is 3.60. The second kappa shape index (κ2) is 5.51. The summed E-state index contributed by atoms with van der Waals surface area (Å²) in [4.78, 5) is 2.27. The normalized spacial score (nSPS) is 20.4. The summed E-state index contributed by atoms with van der Waals surface area (Å²) in [5.41, 5.74) is 1.17. The second-order valence-electron chi connectivity index (χ2n) is 4.70. The number of hydrogen-bond donors (Lipinski definition) is 1. The monoisotopic (exact) mass is 265 g/mol. The molecule has 1 fully saturated rings. The minimum absolute atomic E-state index is 0.290. The van der Waals surface area contributed by atoms with E-state index in [2.05, 4.69) is 33.5 Å². The molecule has 0 amide bonds. The molecule has 96 valence electrons. The molecule has 18 heavy (non-hydrogen) atoms. The standard InChI is InChI=1S/C12H16ClN5/c1-8-10(6-14)12(17-16-11(8)13)15-9-4-3-5-18(2)7-9/h9H,3-5,7H2,1-2H3,(H,15,17). The predicted molar refractivity (Wildman–Crippen MR) is 70.6 cm³/mol. The van der Waals surface area contributed by atoms with Gasteiger partial charge < -0.3 is 10.2 Å². The maximum absolute atomic E-state index is 9.18. The predicted octanol–water partition coefficient (Wildman–Crippen LogP) is 1.82. The molecule has 0 aromatic carbocycles. The summed E-state index contributed by atoms with van der Waals surface area (Å²) in [6.45, 7) is 3.86. The van der Waals surface area contributed by atoms with Gasteiger partial charge in [0.1, 0.15) is 11.6 Å². The van der Waals surface area contributed by atoms with E-state index in [9.17, 15) is 5.26 Å². The zero-order valence-electron chi connectivity index (χ0n) is 10.6. The van der Waals surface area contributed by atoms with Crippen molar-refractivity contribution in [3.63, 3.8) is 0 Å². The van der Waals surface area contributed by atoms with Crippen molar-refractivity contribution >= 4 is 17.4 Å². The molecule has 2 rings (SSSR count). The summed E-state index contributed by atoms with van der Waals surface area (Å²) in [5, 5.41) is 20.6. The van der Waals surface area contributed by atoms with E-state index in [1.807, 2.05) is 0 Å². The molecule has 1 saturated heterocycles. The van der Waals surface area contributed by atoms with Crippen LogP contribution in [0.25, 0.3) is 0 Å². The Morgan fingerprint density at radius 1 is 1.50 bits per heavy atom. The first kappa shape index (κ1) is 13.1. The van der Waals surface area contributed by atoms with Crippen molar-refractivity contribution < 1.29 is 0 Å². The molecule has 1 aliphatic heterocycles. The molecular weight excluding hydrogens is 250 g/mol. The minimum atomic E-state index is 0.290. The van der Waals surface area contributed by atoms with E-state index in [1.54, 1.807) is 6.92 Å². The lowest BCUT2D eigenvalue weighted by Crippen LogP contribution is -2.40. The van der Waals surface area contributed by atoms with Crippen molar-refractivity contribution in [2.45, 2.75) is 25.8 Å². The van der Waals surface area contributed by atoms with Gasteiger partial charge >= 0.3 is 0 Å². The number of rotatable bonds is 2. The Balaban J connectivity index is 2.19. The molecule has 1 N–H and O–H groups in total. The molecule has 1 aromatic heterocycles. The molecule has 1 atom stereocenters. The summed E-state index contributed by atoms with van der Waals surface area (Å²) >= 11 is 5.87. The lowest BCUT2D eigenvalue weighted by Gasteiger charge is -2.30. The van der Waals surface area contributed by atoms with E-state index in [0.29, 0.717) is 23.0 Å². The largest absolute Gasteiger partial charge is 0.363 e. The maximum Gasteiger partial charge on any atom is 0.167 e. The number of likely N-dealkylation sites (tertiary alicyclic amines) is 1. The minimum Gasteiger partial charge on any atom is -0.363 e. The zero-order valence-corrected chi connectivity index (χ0v) is 11.3. The molecule has 6 heteroatoms. The van der Waals surface area contributed by atoms with Crippen molar-refractivity contribution in [2.75, 3.05) is 25.5 Å². The van der Waals surface area contributed by atoms with Gasteiger partial charge in [0.15, 0.2) is 11.0 Å². The number of nitriles is 1. The highest BCUT2D eigenvalue weighted by atomic mass is 35.5. The average Bonchev–Trinajstić information content (AvgIpc) is 2.34. The molecule has 5 nitrogen and oxygen atoms in total. The first-order valence-corrected chi connectivity index (χ1v) is 6.37. The zero-order chi connectivity index (χ0) is 13.1. The van der Waals surface area contributed by atoms with Crippen LogP contribution in [0.5, 0.6) is 0 Å². The Hall–Kier alpha value is -1.38. The number of aromatic nitrogens is 2. The maximum atomic E-state index is 9.18. The van der Waals surface area contributed by atoms with E-state index >= 15 is 0 Å². The van der Waals surface area contributed by atoms with Gasteiger partial charge in [-0.15, -0.1) is 10.2 Å². The average molecular weight is 266 g/mol. The van der Waals surface area contributed by atoms with Gasteiger partial charge in [0.25, 0.3) is 0 Å². The number of halogens is 1. The molecule has 0 saturated carbocycles. The Morgan fingerprint density at radius 3 is 2.94 bits per heavy atom. The fourth-order valence-electron chi connectivity index (χ4n) is 2.22. The van der Waals surface area contributed by atoms with Gasteiger partial charge in [-0.1, -0.05) is 11.6 Å². The fraction of sp³-hybridized carbons (Fsp3) is 0.583. The van der Waals surface area contributed by atoms with Crippen molar-refractivity contribution in [3.05, 3.63) is 16.3 Å². The van der Waals surface area contributed by atoms with Gasteiger partial charge in [-0.25, -0.2) is 0 Å². The van der Waals surface area contributed by atoms with Crippen LogP contribution in [0, 0.1) is 18.3 Å².